The van der Waals surface area contributed by atoms with Gasteiger partial charge in [0.15, 0.2) is 6.10 Å². The Morgan fingerprint density at radius 3 is 1.98 bits per heavy atom. The molecular weight excluding hydrogens is 528 g/mol. The Labute approximate surface area is 244 Å². The molecule has 0 bridgehead atoms. The number of rotatable bonds is 9. The first-order valence-corrected chi connectivity index (χ1v) is 15.2. The molecule has 10 unspecified atom stereocenters. The summed E-state index contributed by atoms with van der Waals surface area (Å²) >= 11 is 0. The second-order valence-corrected chi connectivity index (χ2v) is 13.3. The van der Waals surface area contributed by atoms with Crippen LogP contribution in [0.25, 0.3) is 0 Å². The van der Waals surface area contributed by atoms with Crippen molar-refractivity contribution in [3.8, 4) is 0 Å². The van der Waals surface area contributed by atoms with Crippen LogP contribution in [0.3, 0.4) is 0 Å². The van der Waals surface area contributed by atoms with Crippen LogP contribution in [-0.4, -0.2) is 59.5 Å². The van der Waals surface area contributed by atoms with Crippen molar-refractivity contribution in [3.63, 3.8) is 0 Å². The molecule has 0 aliphatic heterocycles. The summed E-state index contributed by atoms with van der Waals surface area (Å²) < 4.78 is 23.8. The first-order valence-electron chi connectivity index (χ1n) is 15.2. The molecule has 10 atom stereocenters. The lowest BCUT2D eigenvalue weighted by atomic mass is 9.49. The van der Waals surface area contributed by atoms with Gasteiger partial charge in [-0.1, -0.05) is 47.6 Å². The molecule has 0 amide bonds. The minimum atomic E-state index is -1.33. The number of allylic oxidation sites excluding steroid dienone is 1. The van der Waals surface area contributed by atoms with Gasteiger partial charge in [0, 0.05) is 43.4 Å². The van der Waals surface area contributed by atoms with Gasteiger partial charge in [0.1, 0.15) is 24.4 Å². The molecular formula is C32H50O9. The van der Waals surface area contributed by atoms with Crippen LogP contribution >= 0.6 is 0 Å². The first kappa shape index (κ1) is 33.1. The highest BCUT2D eigenvalue weighted by atomic mass is 16.6. The van der Waals surface area contributed by atoms with E-state index in [9.17, 15) is 24.3 Å². The molecule has 2 fully saturated rings. The quantitative estimate of drug-likeness (QED) is 0.230. The summed E-state index contributed by atoms with van der Waals surface area (Å²) in [5.41, 5.74) is -0.790. The van der Waals surface area contributed by atoms with E-state index >= 15 is 0 Å². The van der Waals surface area contributed by atoms with E-state index in [1.165, 1.54) is 13.8 Å². The van der Waals surface area contributed by atoms with Crippen LogP contribution in [0.1, 0.15) is 101 Å². The predicted molar refractivity (Wildman–Crippen MR) is 151 cm³/mol. The molecule has 3 aliphatic carbocycles. The van der Waals surface area contributed by atoms with Crippen LogP contribution in [0.2, 0.25) is 0 Å². The fraction of sp³-hybridized carbons (Fsp3) is 0.812. The van der Waals surface area contributed by atoms with Gasteiger partial charge in [-0.3, -0.25) is 19.2 Å². The molecule has 9 nitrogen and oxygen atoms in total. The van der Waals surface area contributed by atoms with Crippen molar-refractivity contribution < 1.29 is 43.2 Å². The van der Waals surface area contributed by atoms with Gasteiger partial charge in [-0.15, -0.1) is 0 Å². The SMILES string of the molecule is CCCC(=O)OC1CC2(C)C(OC(C)=O)CC3(C)C(C=C(C)C(OC(C)=O)C(O)C3OC(=O)CCC)C2C1C(C)C. The Bertz CT molecular complexity index is 1030. The van der Waals surface area contributed by atoms with Crippen molar-refractivity contribution in [1.82, 2.24) is 0 Å². The molecule has 0 saturated heterocycles. The van der Waals surface area contributed by atoms with Gasteiger partial charge in [0.05, 0.1) is 0 Å². The Balaban J connectivity index is 2.25. The maximum atomic E-state index is 13.0. The van der Waals surface area contributed by atoms with E-state index < -0.39 is 59.3 Å². The van der Waals surface area contributed by atoms with Crippen LogP contribution in [0.15, 0.2) is 11.6 Å². The molecule has 232 valence electrons. The summed E-state index contributed by atoms with van der Waals surface area (Å²) in [6.07, 6.45) is 0.278. The van der Waals surface area contributed by atoms with E-state index in [1.54, 1.807) is 0 Å². The van der Waals surface area contributed by atoms with Crippen LogP contribution in [-0.2, 0) is 38.1 Å². The highest BCUT2D eigenvalue weighted by Crippen LogP contribution is 2.66. The van der Waals surface area contributed by atoms with Crippen molar-refractivity contribution in [2.45, 2.75) is 131 Å². The van der Waals surface area contributed by atoms with Gasteiger partial charge in [0.2, 0.25) is 0 Å². The molecule has 0 aromatic heterocycles. The van der Waals surface area contributed by atoms with E-state index in [-0.39, 0.29) is 36.1 Å². The number of ether oxygens (including phenoxy) is 4. The fourth-order valence-electron chi connectivity index (χ4n) is 8.07. The van der Waals surface area contributed by atoms with Crippen molar-refractivity contribution in [1.29, 1.82) is 0 Å². The van der Waals surface area contributed by atoms with Gasteiger partial charge >= 0.3 is 23.9 Å². The monoisotopic (exact) mass is 578 g/mol. The zero-order valence-electron chi connectivity index (χ0n) is 26.2. The normalized spacial score (nSPS) is 38.2. The number of fused-ring (bicyclic) bond motifs is 3. The van der Waals surface area contributed by atoms with Gasteiger partial charge in [0.25, 0.3) is 0 Å². The first-order chi connectivity index (χ1) is 19.1. The van der Waals surface area contributed by atoms with Gasteiger partial charge in [-0.25, -0.2) is 0 Å². The number of carbonyl (C=O) groups excluding carboxylic acids is 4. The average molecular weight is 579 g/mol. The molecule has 3 rings (SSSR count). The van der Waals surface area contributed by atoms with Gasteiger partial charge in [-0.2, -0.15) is 0 Å². The Morgan fingerprint density at radius 1 is 0.902 bits per heavy atom. The third-order valence-corrected chi connectivity index (χ3v) is 9.74. The van der Waals surface area contributed by atoms with Crippen molar-refractivity contribution in [2.24, 2.45) is 34.5 Å². The van der Waals surface area contributed by atoms with E-state index in [0.717, 1.165) is 0 Å². The highest BCUT2D eigenvalue weighted by molar-refractivity contribution is 5.70. The molecule has 0 aromatic rings. The lowest BCUT2D eigenvalue weighted by molar-refractivity contribution is -0.211. The smallest absolute Gasteiger partial charge is 0.306 e. The zero-order chi connectivity index (χ0) is 30.9. The van der Waals surface area contributed by atoms with Crippen molar-refractivity contribution in [3.05, 3.63) is 11.6 Å². The standard InChI is InChI=1S/C32H50O9/c1-10-12-24(35)40-22-15-32(9)23(38-19(6)33)16-31(8)21(27(32)26(22)17(3)4)14-18(5)29(39-20(7)34)28(37)30(31)41-25(36)13-11-2/h14,17,21-23,26-30,37H,10-13,15-16H2,1-9H3. The summed E-state index contributed by atoms with van der Waals surface area (Å²) in [7, 11) is 0. The van der Waals surface area contributed by atoms with Crippen LogP contribution < -0.4 is 0 Å². The highest BCUT2D eigenvalue weighted by Gasteiger charge is 2.69. The molecule has 9 heteroatoms. The minimum absolute atomic E-state index is 0.0954. The summed E-state index contributed by atoms with van der Waals surface area (Å²) in [5.74, 6) is -2.10. The van der Waals surface area contributed by atoms with Gasteiger partial charge < -0.3 is 24.1 Å². The lowest BCUT2D eigenvalue weighted by Gasteiger charge is -2.57. The number of carbonyl (C=O) groups is 4. The molecule has 1 N–H and O–H groups in total. The lowest BCUT2D eigenvalue weighted by Crippen LogP contribution is -2.61. The average Bonchev–Trinajstić information content (AvgIpc) is 3.12. The van der Waals surface area contributed by atoms with Crippen LogP contribution in [0, 0.1) is 34.5 Å². The van der Waals surface area contributed by atoms with E-state index in [0.29, 0.717) is 37.7 Å². The number of aliphatic hydroxyl groups is 1. The summed E-state index contributed by atoms with van der Waals surface area (Å²) in [6, 6.07) is 0. The molecule has 3 aliphatic rings. The minimum Gasteiger partial charge on any atom is -0.462 e. The molecule has 0 aromatic carbocycles. The topological polar surface area (TPSA) is 125 Å². The number of aliphatic hydroxyl groups excluding tert-OH is 1. The van der Waals surface area contributed by atoms with Gasteiger partial charge in [-0.05, 0) is 55.9 Å². The second kappa shape index (κ2) is 12.8. The summed E-state index contributed by atoms with van der Waals surface area (Å²) in [5, 5.41) is 11.8. The Kier molecular flexibility index (Phi) is 10.4. The van der Waals surface area contributed by atoms with Crippen molar-refractivity contribution in [2.75, 3.05) is 0 Å². The zero-order valence-corrected chi connectivity index (χ0v) is 26.2. The Morgan fingerprint density at radius 2 is 1.46 bits per heavy atom. The summed E-state index contributed by atoms with van der Waals surface area (Å²) in [6.45, 7) is 16.6. The molecule has 41 heavy (non-hydrogen) atoms. The molecule has 0 radical (unpaired) electrons. The third-order valence-electron chi connectivity index (χ3n) is 9.74. The second-order valence-electron chi connectivity index (χ2n) is 13.3. The van der Waals surface area contributed by atoms with E-state index in [1.807, 2.05) is 27.7 Å². The fourth-order valence-corrected chi connectivity index (χ4v) is 8.07. The number of esters is 4. The third kappa shape index (κ3) is 6.50. The predicted octanol–water partition coefficient (Wildman–Crippen LogP) is 4.92. The van der Waals surface area contributed by atoms with Crippen LogP contribution in [0.4, 0.5) is 0 Å². The Hall–Kier alpha value is -2.42. The molecule has 0 spiro atoms. The maximum Gasteiger partial charge on any atom is 0.306 e. The number of hydrogen-bond donors (Lipinski definition) is 1. The van der Waals surface area contributed by atoms with Crippen LogP contribution in [0.5, 0.6) is 0 Å². The van der Waals surface area contributed by atoms with Crippen molar-refractivity contribution >= 4 is 23.9 Å². The number of hydrogen-bond acceptors (Lipinski definition) is 9. The molecule has 0 heterocycles. The molecule has 2 saturated carbocycles. The maximum absolute atomic E-state index is 13.0. The van der Waals surface area contributed by atoms with E-state index in [4.69, 9.17) is 18.9 Å². The largest absolute Gasteiger partial charge is 0.462 e. The summed E-state index contributed by atoms with van der Waals surface area (Å²) in [4.78, 5) is 50.3. The van der Waals surface area contributed by atoms with E-state index in [2.05, 4.69) is 26.8 Å².